The number of aromatic nitrogens is 2. The van der Waals surface area contributed by atoms with Gasteiger partial charge in [0.15, 0.2) is 0 Å². The molecule has 2 aromatic heterocycles. The Kier molecular flexibility index (Phi) is 6.54. The molecule has 2 nitrogen and oxygen atoms in total. The molecule has 0 saturated heterocycles. The van der Waals surface area contributed by atoms with Crippen molar-refractivity contribution in [2.75, 3.05) is 0 Å². The van der Waals surface area contributed by atoms with E-state index >= 15 is 0 Å². The van der Waals surface area contributed by atoms with Crippen molar-refractivity contribution in [3.05, 3.63) is 176 Å². The van der Waals surface area contributed by atoms with Gasteiger partial charge in [0.25, 0.3) is 0 Å². The second-order valence-electron chi connectivity index (χ2n) is 11.5. The van der Waals surface area contributed by atoms with Gasteiger partial charge in [0.1, 0.15) is 0 Å². The SMILES string of the molecule is C=C/C=C\c1c(C)n(-c2ccc(-c3ccccc3)cc2)c2c1ccc1c2c2ccccc2n1-c1ccc(-c2ccccc2)cc1. The molecule has 45 heavy (non-hydrogen) atoms. The van der Waals surface area contributed by atoms with Crippen molar-refractivity contribution in [2.45, 2.75) is 6.92 Å². The van der Waals surface area contributed by atoms with Crippen LogP contribution in [-0.2, 0) is 0 Å². The average molecular weight is 577 g/mol. The van der Waals surface area contributed by atoms with Gasteiger partial charge < -0.3 is 9.13 Å². The smallest absolute Gasteiger partial charge is 0.0637 e. The normalized spacial score (nSPS) is 11.7. The summed E-state index contributed by atoms with van der Waals surface area (Å²) in [7, 11) is 0. The van der Waals surface area contributed by atoms with E-state index < -0.39 is 0 Å². The van der Waals surface area contributed by atoms with Crippen molar-refractivity contribution in [3.8, 4) is 33.6 Å². The summed E-state index contributed by atoms with van der Waals surface area (Å²) in [6, 6.07) is 52.4. The van der Waals surface area contributed by atoms with Crippen molar-refractivity contribution in [2.24, 2.45) is 0 Å². The Balaban J connectivity index is 1.39. The van der Waals surface area contributed by atoms with Gasteiger partial charge in [0.05, 0.1) is 16.6 Å². The standard InChI is InChI=1S/C43H32N2/c1-3-4-17-37-30(2)44(35-24-20-33(21-25-35)31-13-7-5-8-14-31)43-38(37)28-29-41-42(43)39-18-11-12-19-40(39)45(41)36-26-22-34(23-27-36)32-15-9-6-10-16-32/h3-29H,1H2,2H3/b17-4-. The summed E-state index contributed by atoms with van der Waals surface area (Å²) < 4.78 is 4.84. The molecule has 0 spiro atoms. The fraction of sp³-hybridized carbons (Fsp3) is 0.0233. The second-order valence-corrected chi connectivity index (χ2v) is 11.5. The number of hydrogen-bond donors (Lipinski definition) is 0. The largest absolute Gasteiger partial charge is 0.313 e. The van der Waals surface area contributed by atoms with Gasteiger partial charge in [0, 0.05) is 38.8 Å². The summed E-state index contributed by atoms with van der Waals surface area (Å²) >= 11 is 0. The molecular formula is C43H32N2. The minimum atomic E-state index is 1.15. The van der Waals surface area contributed by atoms with Gasteiger partial charge in [-0.15, -0.1) is 0 Å². The van der Waals surface area contributed by atoms with Gasteiger partial charge in [-0.1, -0.05) is 134 Å². The van der Waals surface area contributed by atoms with Gasteiger partial charge in [-0.05, 0) is 65.6 Å². The lowest BCUT2D eigenvalue weighted by Crippen LogP contribution is -1.97. The van der Waals surface area contributed by atoms with E-state index in [0.29, 0.717) is 0 Å². The number of fused-ring (bicyclic) bond motifs is 5. The maximum atomic E-state index is 3.95. The maximum Gasteiger partial charge on any atom is 0.0637 e. The van der Waals surface area contributed by atoms with Crippen LogP contribution in [0, 0.1) is 6.92 Å². The van der Waals surface area contributed by atoms with Crippen molar-refractivity contribution in [3.63, 3.8) is 0 Å². The summed E-state index contributed by atoms with van der Waals surface area (Å²) in [6.45, 7) is 6.17. The lowest BCUT2D eigenvalue weighted by Gasteiger charge is -2.12. The monoisotopic (exact) mass is 576 g/mol. The minimum absolute atomic E-state index is 1.15. The first-order valence-electron chi connectivity index (χ1n) is 15.4. The van der Waals surface area contributed by atoms with Crippen LogP contribution in [0.3, 0.4) is 0 Å². The highest BCUT2D eigenvalue weighted by Crippen LogP contribution is 2.41. The average Bonchev–Trinajstić information content (AvgIpc) is 3.59. The third-order valence-electron chi connectivity index (χ3n) is 8.91. The number of allylic oxidation sites excluding steroid dienone is 2. The molecule has 0 amide bonds. The van der Waals surface area contributed by atoms with Crippen molar-refractivity contribution < 1.29 is 0 Å². The van der Waals surface area contributed by atoms with E-state index in [1.807, 2.05) is 12.2 Å². The topological polar surface area (TPSA) is 9.86 Å². The summed E-state index contributed by atoms with van der Waals surface area (Å²) in [6.07, 6.45) is 6.07. The van der Waals surface area contributed by atoms with E-state index in [2.05, 4.69) is 174 Å². The Labute approximate surface area is 263 Å². The number of rotatable bonds is 6. The molecule has 0 radical (unpaired) electrons. The first kappa shape index (κ1) is 26.7. The van der Waals surface area contributed by atoms with Gasteiger partial charge in [0.2, 0.25) is 0 Å². The molecule has 0 atom stereocenters. The van der Waals surface area contributed by atoms with Crippen LogP contribution in [0.1, 0.15) is 11.3 Å². The molecular weight excluding hydrogens is 544 g/mol. The van der Waals surface area contributed by atoms with Crippen LogP contribution in [0.2, 0.25) is 0 Å². The van der Waals surface area contributed by atoms with Gasteiger partial charge in [-0.2, -0.15) is 0 Å². The van der Waals surface area contributed by atoms with Crippen LogP contribution >= 0.6 is 0 Å². The van der Waals surface area contributed by atoms with Crippen LogP contribution < -0.4 is 0 Å². The zero-order valence-electron chi connectivity index (χ0n) is 25.2. The zero-order valence-corrected chi connectivity index (χ0v) is 25.2. The van der Waals surface area contributed by atoms with E-state index in [1.165, 1.54) is 66.2 Å². The predicted octanol–water partition coefficient (Wildman–Crippen LogP) is 11.6. The molecule has 0 saturated carbocycles. The van der Waals surface area contributed by atoms with Crippen molar-refractivity contribution >= 4 is 38.8 Å². The van der Waals surface area contributed by atoms with Crippen LogP contribution in [0.25, 0.3) is 72.4 Å². The molecule has 0 N–H and O–H groups in total. The molecule has 0 bridgehead atoms. The van der Waals surface area contributed by atoms with Crippen LogP contribution in [0.4, 0.5) is 0 Å². The van der Waals surface area contributed by atoms with Crippen molar-refractivity contribution in [1.82, 2.24) is 9.13 Å². The van der Waals surface area contributed by atoms with E-state index in [1.54, 1.807) is 0 Å². The highest BCUT2D eigenvalue weighted by atomic mass is 15.0. The minimum Gasteiger partial charge on any atom is -0.313 e. The van der Waals surface area contributed by atoms with Crippen LogP contribution in [0.5, 0.6) is 0 Å². The number of benzene rings is 6. The van der Waals surface area contributed by atoms with Crippen molar-refractivity contribution in [1.29, 1.82) is 0 Å². The summed E-state index contributed by atoms with van der Waals surface area (Å²) in [5.74, 6) is 0. The third-order valence-corrected chi connectivity index (χ3v) is 8.91. The molecule has 0 aliphatic carbocycles. The lowest BCUT2D eigenvalue weighted by atomic mass is 10.1. The molecule has 0 unspecified atom stereocenters. The maximum absolute atomic E-state index is 3.95. The fourth-order valence-electron chi connectivity index (χ4n) is 6.82. The van der Waals surface area contributed by atoms with E-state index in [0.717, 1.165) is 11.4 Å². The molecule has 214 valence electrons. The number of para-hydroxylation sites is 1. The molecule has 2 heteroatoms. The Morgan fingerprint density at radius 1 is 0.489 bits per heavy atom. The summed E-state index contributed by atoms with van der Waals surface area (Å²) in [4.78, 5) is 0. The predicted molar refractivity (Wildman–Crippen MR) is 192 cm³/mol. The lowest BCUT2D eigenvalue weighted by molar-refractivity contribution is 1.05. The fourth-order valence-corrected chi connectivity index (χ4v) is 6.82. The van der Waals surface area contributed by atoms with Gasteiger partial charge >= 0.3 is 0 Å². The van der Waals surface area contributed by atoms with E-state index in [-0.39, 0.29) is 0 Å². The second kappa shape index (κ2) is 11.0. The molecule has 8 rings (SSSR count). The van der Waals surface area contributed by atoms with E-state index in [4.69, 9.17) is 0 Å². The molecule has 0 aliphatic rings. The molecule has 6 aromatic carbocycles. The Hall–Kier alpha value is -5.86. The van der Waals surface area contributed by atoms with Gasteiger partial charge in [-0.25, -0.2) is 0 Å². The third kappa shape index (κ3) is 4.42. The first-order valence-corrected chi connectivity index (χ1v) is 15.4. The molecule has 2 heterocycles. The molecule has 8 aromatic rings. The Bertz CT molecular complexity index is 2350. The molecule has 0 aliphatic heterocycles. The van der Waals surface area contributed by atoms with Gasteiger partial charge in [-0.3, -0.25) is 0 Å². The number of hydrogen-bond acceptors (Lipinski definition) is 0. The first-order chi connectivity index (χ1) is 22.2. The molecule has 0 fully saturated rings. The number of nitrogens with zero attached hydrogens (tertiary/aromatic N) is 2. The summed E-state index contributed by atoms with van der Waals surface area (Å²) in [5.41, 5.74) is 13.2. The highest BCUT2D eigenvalue weighted by Gasteiger charge is 2.21. The Morgan fingerprint density at radius 2 is 1.02 bits per heavy atom. The summed E-state index contributed by atoms with van der Waals surface area (Å²) in [5, 5.41) is 3.72. The van der Waals surface area contributed by atoms with E-state index in [9.17, 15) is 0 Å². The zero-order chi connectivity index (χ0) is 30.3. The quantitative estimate of drug-likeness (QED) is 0.174. The highest BCUT2D eigenvalue weighted by molar-refractivity contribution is 6.22. The van der Waals surface area contributed by atoms with Crippen LogP contribution in [0.15, 0.2) is 164 Å². The van der Waals surface area contributed by atoms with Crippen LogP contribution in [-0.4, -0.2) is 9.13 Å². The Morgan fingerprint density at radius 3 is 1.62 bits per heavy atom.